The molecule has 1 aromatic carbocycles. The van der Waals surface area contributed by atoms with E-state index in [9.17, 15) is 13.2 Å². The van der Waals surface area contributed by atoms with E-state index in [2.05, 4.69) is 0 Å². The molecule has 1 saturated carbocycles. The van der Waals surface area contributed by atoms with E-state index in [1.165, 1.54) is 4.31 Å². The van der Waals surface area contributed by atoms with Crippen LogP contribution in [0.15, 0.2) is 29.2 Å². The molecular weight excluding hydrogens is 314 g/mol. The lowest BCUT2D eigenvalue weighted by Gasteiger charge is -2.58. The van der Waals surface area contributed by atoms with Crippen LogP contribution in [-0.2, 0) is 14.8 Å². The highest BCUT2D eigenvalue weighted by molar-refractivity contribution is 7.89. The number of aliphatic carboxylic acids is 1. The van der Waals surface area contributed by atoms with Crippen molar-refractivity contribution < 1.29 is 18.3 Å². The molecule has 0 unspecified atom stereocenters. The topological polar surface area (TPSA) is 74.7 Å². The molecule has 126 valence electrons. The molecule has 1 heterocycles. The smallest absolute Gasteiger partial charge is 0.303 e. The monoisotopic (exact) mass is 337 g/mol. The molecule has 0 aromatic heterocycles. The van der Waals surface area contributed by atoms with Crippen LogP contribution in [0.25, 0.3) is 0 Å². The molecule has 6 heteroatoms. The number of hydrogen-bond acceptors (Lipinski definition) is 3. The molecule has 3 rings (SSSR count). The average molecular weight is 337 g/mol. The molecule has 0 radical (unpaired) electrons. The second-order valence-corrected chi connectivity index (χ2v) is 9.31. The lowest BCUT2D eigenvalue weighted by atomic mass is 9.58. The van der Waals surface area contributed by atoms with Gasteiger partial charge in [0.15, 0.2) is 0 Å². The highest BCUT2D eigenvalue weighted by Crippen LogP contribution is 2.54. The quantitative estimate of drug-likeness (QED) is 0.896. The highest BCUT2D eigenvalue weighted by Gasteiger charge is 2.55. The third kappa shape index (κ3) is 3.02. The average Bonchev–Trinajstić information content (AvgIpc) is 2.39. The Labute approximate surface area is 137 Å². The lowest BCUT2D eigenvalue weighted by molar-refractivity contribution is -0.142. The Kier molecular flexibility index (Phi) is 4.01. The summed E-state index contributed by atoms with van der Waals surface area (Å²) in [5.41, 5.74) is 1.05. The van der Waals surface area contributed by atoms with Crippen molar-refractivity contribution in [2.45, 2.75) is 43.9 Å². The maximum Gasteiger partial charge on any atom is 0.303 e. The van der Waals surface area contributed by atoms with Gasteiger partial charge in [0.05, 0.1) is 4.90 Å². The number of carboxylic acid groups (broad SMARTS) is 1. The summed E-state index contributed by atoms with van der Waals surface area (Å²) in [6, 6.07) is 7.16. The Balaban J connectivity index is 1.65. The summed E-state index contributed by atoms with van der Waals surface area (Å²) in [7, 11) is -3.43. The molecule has 1 aromatic rings. The molecule has 1 aliphatic carbocycles. The van der Waals surface area contributed by atoms with Gasteiger partial charge in [0, 0.05) is 19.5 Å². The van der Waals surface area contributed by atoms with E-state index in [1.54, 1.807) is 18.2 Å². The zero-order valence-electron chi connectivity index (χ0n) is 13.5. The number of nitrogens with zero attached hydrogens (tertiary/aromatic N) is 1. The van der Waals surface area contributed by atoms with Gasteiger partial charge in [-0.2, -0.15) is 4.31 Å². The molecule has 0 bridgehead atoms. The van der Waals surface area contributed by atoms with Gasteiger partial charge in [0.1, 0.15) is 0 Å². The fourth-order valence-electron chi connectivity index (χ4n) is 3.87. The largest absolute Gasteiger partial charge is 0.481 e. The van der Waals surface area contributed by atoms with Crippen LogP contribution in [0.3, 0.4) is 0 Å². The predicted octanol–water partition coefficient (Wildman–Crippen LogP) is 2.69. The Hall–Kier alpha value is -1.40. The molecular formula is C17H23NO4S. The van der Waals surface area contributed by atoms with Crippen molar-refractivity contribution in [3.8, 4) is 0 Å². The van der Waals surface area contributed by atoms with Crippen molar-refractivity contribution in [2.75, 3.05) is 13.1 Å². The van der Waals surface area contributed by atoms with Gasteiger partial charge < -0.3 is 5.11 Å². The maximum atomic E-state index is 12.7. The maximum absolute atomic E-state index is 12.7. The fourth-order valence-corrected chi connectivity index (χ4v) is 5.59. The Bertz CT molecular complexity index is 712. The minimum Gasteiger partial charge on any atom is -0.481 e. The van der Waals surface area contributed by atoms with Crippen LogP contribution in [-0.4, -0.2) is 36.9 Å². The second-order valence-electron chi connectivity index (χ2n) is 7.37. The van der Waals surface area contributed by atoms with Crippen LogP contribution < -0.4 is 0 Å². The summed E-state index contributed by atoms with van der Waals surface area (Å²) in [5.74, 6) is -0.267. The molecule has 2 aliphatic rings. The van der Waals surface area contributed by atoms with Crippen LogP contribution in [0, 0.1) is 11.3 Å². The Morgan fingerprint density at radius 1 is 1.35 bits per heavy atom. The first-order valence-corrected chi connectivity index (χ1v) is 9.48. The van der Waals surface area contributed by atoms with Crippen molar-refractivity contribution in [3.05, 3.63) is 29.8 Å². The zero-order chi connectivity index (χ0) is 16.8. The predicted molar refractivity (Wildman–Crippen MR) is 86.7 cm³/mol. The molecule has 1 N–H and O–H groups in total. The van der Waals surface area contributed by atoms with Crippen molar-refractivity contribution in [2.24, 2.45) is 11.3 Å². The molecule has 5 nitrogen and oxygen atoms in total. The van der Waals surface area contributed by atoms with Crippen molar-refractivity contribution in [1.82, 2.24) is 4.31 Å². The van der Waals surface area contributed by atoms with Crippen LogP contribution in [0.4, 0.5) is 0 Å². The summed E-state index contributed by atoms with van der Waals surface area (Å²) in [4.78, 5) is 11.1. The molecule has 1 aliphatic heterocycles. The molecule has 23 heavy (non-hydrogen) atoms. The Morgan fingerprint density at radius 2 is 2.00 bits per heavy atom. The summed E-state index contributed by atoms with van der Waals surface area (Å²) < 4.78 is 26.9. The van der Waals surface area contributed by atoms with E-state index >= 15 is 0 Å². The minimum absolute atomic E-state index is 0.0306. The van der Waals surface area contributed by atoms with Gasteiger partial charge in [0.2, 0.25) is 10.0 Å². The Morgan fingerprint density at radius 3 is 2.57 bits per heavy atom. The number of sulfonamides is 1. The van der Waals surface area contributed by atoms with E-state index in [0.717, 1.165) is 18.4 Å². The van der Waals surface area contributed by atoms with E-state index in [-0.39, 0.29) is 23.7 Å². The number of hydrogen-bond donors (Lipinski definition) is 1. The van der Waals surface area contributed by atoms with Crippen LogP contribution >= 0.6 is 0 Å². The van der Waals surface area contributed by atoms with E-state index in [0.29, 0.717) is 18.0 Å². The molecule has 0 amide bonds. The van der Waals surface area contributed by atoms with Gasteiger partial charge in [-0.1, -0.05) is 26.0 Å². The molecule has 2 fully saturated rings. The van der Waals surface area contributed by atoms with E-state index < -0.39 is 16.0 Å². The van der Waals surface area contributed by atoms with Gasteiger partial charge in [-0.05, 0) is 47.8 Å². The first-order valence-electron chi connectivity index (χ1n) is 8.04. The number of rotatable bonds is 5. The highest BCUT2D eigenvalue weighted by atomic mass is 32.2. The van der Waals surface area contributed by atoms with Crippen molar-refractivity contribution in [1.29, 1.82) is 0 Å². The number of benzene rings is 1. The summed E-state index contributed by atoms with van der Waals surface area (Å²) >= 11 is 0. The van der Waals surface area contributed by atoms with Crippen LogP contribution in [0.5, 0.6) is 0 Å². The molecule has 0 atom stereocenters. The standard InChI is InChI=1S/C17H23NO4S/c1-12(2)14-4-3-5-15(7-14)23(21,22)18-10-17(11-18)8-13(9-17)6-16(19)20/h3-5,7,12-13H,6,8-11H2,1-2H3,(H,19,20). The lowest BCUT2D eigenvalue weighted by Crippen LogP contribution is -2.63. The summed E-state index contributed by atoms with van der Waals surface area (Å²) in [5, 5.41) is 8.80. The normalized spacial score (nSPS) is 21.2. The fraction of sp³-hybridized carbons (Fsp3) is 0.588. The second kappa shape index (κ2) is 5.60. The van der Waals surface area contributed by atoms with Crippen molar-refractivity contribution in [3.63, 3.8) is 0 Å². The number of carbonyl (C=O) groups is 1. The molecule has 1 spiro atoms. The number of carboxylic acids is 1. The van der Waals surface area contributed by atoms with Crippen LogP contribution in [0.2, 0.25) is 0 Å². The third-order valence-corrected chi connectivity index (χ3v) is 6.88. The third-order valence-electron chi connectivity index (χ3n) is 5.09. The summed E-state index contributed by atoms with van der Waals surface area (Å²) in [6.45, 7) is 5.14. The van der Waals surface area contributed by atoms with E-state index in [1.807, 2.05) is 19.9 Å². The molecule has 1 saturated heterocycles. The van der Waals surface area contributed by atoms with Gasteiger partial charge >= 0.3 is 5.97 Å². The van der Waals surface area contributed by atoms with Crippen LogP contribution in [0.1, 0.15) is 44.6 Å². The van der Waals surface area contributed by atoms with Gasteiger partial charge in [-0.15, -0.1) is 0 Å². The summed E-state index contributed by atoms with van der Waals surface area (Å²) in [6.07, 6.45) is 1.86. The first kappa shape index (κ1) is 16.5. The van der Waals surface area contributed by atoms with Gasteiger partial charge in [-0.25, -0.2) is 8.42 Å². The SMILES string of the molecule is CC(C)c1cccc(S(=O)(=O)N2CC3(CC(CC(=O)O)C3)C2)c1. The van der Waals surface area contributed by atoms with Crippen molar-refractivity contribution >= 4 is 16.0 Å². The zero-order valence-corrected chi connectivity index (χ0v) is 14.3. The first-order chi connectivity index (χ1) is 10.7. The van der Waals surface area contributed by atoms with Gasteiger partial charge in [-0.3, -0.25) is 4.79 Å². The minimum atomic E-state index is -3.43. The van der Waals surface area contributed by atoms with E-state index in [4.69, 9.17) is 5.11 Å². The van der Waals surface area contributed by atoms with Gasteiger partial charge in [0.25, 0.3) is 0 Å².